The van der Waals surface area contributed by atoms with Crippen LogP contribution in [-0.2, 0) is 0 Å². The molecule has 0 saturated carbocycles. The minimum Gasteiger partial charge on any atom is -0.324 e. The van der Waals surface area contributed by atoms with E-state index < -0.39 is 0 Å². The topological polar surface area (TPSA) is 0 Å². The van der Waals surface area contributed by atoms with Crippen molar-refractivity contribution in [3.05, 3.63) is 0 Å². The molecule has 0 heterocycles. The highest BCUT2D eigenvalue weighted by molar-refractivity contribution is 4.46. The molecule has 1 heteroatoms. The van der Waals surface area contributed by atoms with Crippen molar-refractivity contribution in [2.45, 2.75) is 66.2 Å². The van der Waals surface area contributed by atoms with Gasteiger partial charge in [-0.25, -0.2) is 0 Å². The summed E-state index contributed by atoms with van der Waals surface area (Å²) in [5, 5.41) is 0. The predicted octanol–water partition coefficient (Wildman–Crippen LogP) is 4.22. The summed E-state index contributed by atoms with van der Waals surface area (Å²) in [6.07, 6.45) is 8.27. The molecule has 0 fully saturated rings. The van der Waals surface area contributed by atoms with Crippen LogP contribution in [0.25, 0.3) is 0 Å². The molecule has 0 saturated heterocycles. The molecule has 0 aromatic heterocycles. The van der Waals surface area contributed by atoms with Gasteiger partial charge in [-0.05, 0) is 32.6 Å². The highest BCUT2D eigenvalue weighted by Gasteiger charge is 2.22. The van der Waals surface area contributed by atoms with E-state index in [1.54, 1.807) is 0 Å². The van der Waals surface area contributed by atoms with Crippen LogP contribution < -0.4 is 0 Å². The van der Waals surface area contributed by atoms with Crippen molar-refractivity contribution in [1.29, 1.82) is 0 Å². The monoisotopic (exact) mass is 214 g/mol. The van der Waals surface area contributed by atoms with Crippen LogP contribution in [0.4, 0.5) is 0 Å². The third-order valence-corrected chi connectivity index (χ3v) is 3.59. The van der Waals surface area contributed by atoms with Crippen molar-refractivity contribution in [2.75, 3.05) is 26.2 Å². The summed E-state index contributed by atoms with van der Waals surface area (Å²) in [4.78, 5) is 0. The molecule has 0 aromatic rings. The van der Waals surface area contributed by atoms with E-state index in [1.165, 1.54) is 69.2 Å². The zero-order valence-corrected chi connectivity index (χ0v) is 11.5. The Labute approximate surface area is 97.5 Å². The Morgan fingerprint density at radius 3 is 1.67 bits per heavy atom. The van der Waals surface area contributed by atoms with Crippen LogP contribution in [0.15, 0.2) is 0 Å². The molecule has 0 amide bonds. The van der Waals surface area contributed by atoms with Crippen LogP contribution in [0.1, 0.15) is 66.2 Å². The minimum absolute atomic E-state index is 1.33. The molecule has 0 N–H and O–H groups in total. The fraction of sp³-hybridized carbons (Fsp3) is 1.00. The predicted molar refractivity (Wildman–Crippen MR) is 70.1 cm³/mol. The van der Waals surface area contributed by atoms with Gasteiger partial charge in [-0.3, -0.25) is 0 Å². The molecule has 0 rings (SSSR count). The Bertz CT molecular complexity index is 133. The van der Waals surface area contributed by atoms with Gasteiger partial charge >= 0.3 is 0 Å². The Balaban J connectivity index is 4.09. The molecule has 1 unspecified atom stereocenters. The lowest BCUT2D eigenvalue weighted by molar-refractivity contribution is -0.927. The maximum Gasteiger partial charge on any atom is 0.0786 e. The third kappa shape index (κ3) is 6.19. The van der Waals surface area contributed by atoms with Crippen LogP contribution in [0.3, 0.4) is 0 Å². The van der Waals surface area contributed by atoms with Crippen LogP contribution in [-0.4, -0.2) is 30.7 Å². The minimum atomic E-state index is 1.33. The van der Waals surface area contributed by atoms with E-state index in [-0.39, 0.29) is 0 Å². The second-order valence-corrected chi connectivity index (χ2v) is 4.89. The molecule has 0 radical (unpaired) electrons. The van der Waals surface area contributed by atoms with Crippen LogP contribution in [0.2, 0.25) is 0 Å². The molecule has 0 aliphatic carbocycles. The first-order valence-electron chi connectivity index (χ1n) is 7.09. The Hall–Kier alpha value is -0.0400. The largest absolute Gasteiger partial charge is 0.324 e. The first-order valence-corrected chi connectivity index (χ1v) is 7.09. The fourth-order valence-corrected chi connectivity index (χ4v) is 2.47. The highest BCUT2D eigenvalue weighted by Crippen LogP contribution is 2.13. The van der Waals surface area contributed by atoms with Crippen LogP contribution in [0, 0.1) is 0 Å². The van der Waals surface area contributed by atoms with E-state index >= 15 is 0 Å². The summed E-state index contributed by atoms with van der Waals surface area (Å²) in [6, 6.07) is 0. The van der Waals surface area contributed by atoms with Crippen LogP contribution >= 0.6 is 0 Å². The maximum atomic E-state index is 2.37. The summed E-state index contributed by atoms with van der Waals surface area (Å²) >= 11 is 0. The lowest BCUT2D eigenvalue weighted by Gasteiger charge is -2.38. The zero-order valence-electron chi connectivity index (χ0n) is 11.5. The van der Waals surface area contributed by atoms with Gasteiger partial charge in [0.25, 0.3) is 0 Å². The molecule has 15 heavy (non-hydrogen) atoms. The number of rotatable bonds is 10. The number of quaternary nitrogens is 1. The van der Waals surface area contributed by atoms with Gasteiger partial charge < -0.3 is 4.48 Å². The van der Waals surface area contributed by atoms with Gasteiger partial charge in [0.1, 0.15) is 0 Å². The molecule has 0 aliphatic rings. The molecule has 1 atom stereocenters. The van der Waals surface area contributed by atoms with E-state index in [0.29, 0.717) is 0 Å². The lowest BCUT2D eigenvalue weighted by Crippen LogP contribution is -2.49. The quantitative estimate of drug-likeness (QED) is 0.377. The Morgan fingerprint density at radius 2 is 1.20 bits per heavy atom. The molecule has 1 nitrogen and oxygen atoms in total. The highest BCUT2D eigenvalue weighted by atomic mass is 15.3. The van der Waals surface area contributed by atoms with Gasteiger partial charge in [0, 0.05) is 0 Å². The molecule has 0 spiro atoms. The van der Waals surface area contributed by atoms with Gasteiger partial charge in [0.15, 0.2) is 0 Å². The summed E-state index contributed by atoms with van der Waals surface area (Å²) in [7, 11) is 0. The molecular weight excluding hydrogens is 182 g/mol. The normalized spacial score (nSPS) is 15.2. The summed E-state index contributed by atoms with van der Waals surface area (Å²) < 4.78 is 1.38. The van der Waals surface area contributed by atoms with Crippen molar-refractivity contribution in [3.63, 3.8) is 0 Å². The van der Waals surface area contributed by atoms with E-state index in [4.69, 9.17) is 0 Å². The van der Waals surface area contributed by atoms with Gasteiger partial charge in [0.05, 0.1) is 26.2 Å². The summed E-state index contributed by atoms with van der Waals surface area (Å²) in [6.45, 7) is 14.8. The average Bonchev–Trinajstić information content (AvgIpc) is 2.26. The van der Waals surface area contributed by atoms with E-state index in [9.17, 15) is 0 Å². The van der Waals surface area contributed by atoms with Gasteiger partial charge in [0.2, 0.25) is 0 Å². The first kappa shape index (κ1) is 15.0. The number of unbranched alkanes of at least 4 members (excludes halogenated alkanes) is 3. The number of hydrogen-bond donors (Lipinski definition) is 0. The van der Waals surface area contributed by atoms with E-state index in [1.807, 2.05) is 0 Å². The Morgan fingerprint density at radius 1 is 0.600 bits per heavy atom. The second-order valence-electron chi connectivity index (χ2n) is 4.89. The lowest BCUT2D eigenvalue weighted by atomic mass is 10.1. The standard InChI is InChI=1S/C14H32N/c1-5-9-11-14-15(8-4,12-7-3)13-10-6-2/h5-14H2,1-4H3/q+1. The average molecular weight is 214 g/mol. The zero-order chi connectivity index (χ0) is 11.6. The van der Waals surface area contributed by atoms with Crippen molar-refractivity contribution >= 4 is 0 Å². The summed E-state index contributed by atoms with van der Waals surface area (Å²) in [5.74, 6) is 0. The first-order chi connectivity index (χ1) is 7.24. The van der Waals surface area contributed by atoms with Crippen molar-refractivity contribution in [2.24, 2.45) is 0 Å². The maximum absolute atomic E-state index is 2.37. The van der Waals surface area contributed by atoms with Gasteiger partial charge in [-0.2, -0.15) is 0 Å². The Kier molecular flexibility index (Phi) is 9.18. The number of nitrogens with zero attached hydrogens (tertiary/aromatic N) is 1. The van der Waals surface area contributed by atoms with Crippen molar-refractivity contribution in [1.82, 2.24) is 0 Å². The van der Waals surface area contributed by atoms with Crippen molar-refractivity contribution < 1.29 is 4.48 Å². The smallest absolute Gasteiger partial charge is 0.0786 e. The molecular formula is C14H32N+. The van der Waals surface area contributed by atoms with Gasteiger partial charge in [-0.1, -0.05) is 33.6 Å². The molecule has 0 aliphatic heterocycles. The fourth-order valence-electron chi connectivity index (χ4n) is 2.47. The SMILES string of the molecule is CCCCC[N+](CC)(CCC)CCCC. The third-order valence-electron chi connectivity index (χ3n) is 3.59. The van der Waals surface area contributed by atoms with Gasteiger partial charge in [-0.15, -0.1) is 0 Å². The molecule has 0 aromatic carbocycles. The van der Waals surface area contributed by atoms with Crippen LogP contribution in [0.5, 0.6) is 0 Å². The molecule has 92 valence electrons. The van der Waals surface area contributed by atoms with E-state index in [0.717, 1.165) is 0 Å². The second kappa shape index (κ2) is 9.21. The van der Waals surface area contributed by atoms with E-state index in [2.05, 4.69) is 27.7 Å². The van der Waals surface area contributed by atoms with Crippen molar-refractivity contribution in [3.8, 4) is 0 Å². The number of hydrogen-bond acceptors (Lipinski definition) is 0. The summed E-state index contributed by atoms with van der Waals surface area (Å²) in [5.41, 5.74) is 0. The molecule has 0 bridgehead atoms.